The molecule has 0 aromatic rings. The van der Waals surface area contributed by atoms with Gasteiger partial charge in [-0.1, -0.05) is 0 Å². The molecule has 2 fully saturated rings. The van der Waals surface area contributed by atoms with Crippen LogP contribution in [-0.4, -0.2) is 126 Å². The fourth-order valence-corrected chi connectivity index (χ4v) is 2.16. The lowest BCUT2D eigenvalue weighted by molar-refractivity contribution is -0.286. The number of rotatable bonds is 2. The van der Waals surface area contributed by atoms with Gasteiger partial charge in [0.15, 0.2) is 12.6 Å². The van der Waals surface area contributed by atoms with Crippen LogP contribution in [0.15, 0.2) is 0 Å². The van der Waals surface area contributed by atoms with Gasteiger partial charge in [-0.15, -0.1) is 0 Å². The van der Waals surface area contributed by atoms with Crippen LogP contribution in [0.5, 0.6) is 0 Å². The van der Waals surface area contributed by atoms with E-state index in [2.05, 4.69) is 9.47 Å². The number of aliphatic hydroxyl groups is 10. The zero-order chi connectivity index (χ0) is 18.6. The fourth-order valence-electron chi connectivity index (χ4n) is 2.16. The molecule has 0 unspecified atom stereocenters. The SMILES string of the molecule is OC[C@@H]1O[C@@H](O)[C@@H](O)[C@H](O)[C@@H]1O.OC[C@H]1O[C@@H](O)[C@H](O)[C@@H](O)[C@H]1O. The summed E-state index contributed by atoms with van der Waals surface area (Å²) in [6, 6.07) is 0. The van der Waals surface area contributed by atoms with Crippen molar-refractivity contribution in [1.29, 1.82) is 0 Å². The highest BCUT2D eigenvalue weighted by molar-refractivity contribution is 4.88. The van der Waals surface area contributed by atoms with E-state index < -0.39 is 74.6 Å². The maximum Gasteiger partial charge on any atom is 0.184 e. The molecule has 12 heteroatoms. The van der Waals surface area contributed by atoms with Crippen molar-refractivity contribution in [2.45, 2.75) is 61.4 Å². The molecule has 2 saturated heterocycles. The van der Waals surface area contributed by atoms with Crippen LogP contribution in [0.1, 0.15) is 0 Å². The fraction of sp³-hybridized carbons (Fsp3) is 1.00. The second kappa shape index (κ2) is 9.28. The summed E-state index contributed by atoms with van der Waals surface area (Å²) in [5.74, 6) is 0. The zero-order valence-corrected chi connectivity index (χ0v) is 12.5. The third kappa shape index (κ3) is 4.78. The first-order valence-corrected chi connectivity index (χ1v) is 7.12. The van der Waals surface area contributed by atoms with Crippen LogP contribution >= 0.6 is 0 Å². The first-order chi connectivity index (χ1) is 11.1. The van der Waals surface area contributed by atoms with Gasteiger partial charge in [-0.2, -0.15) is 0 Å². The van der Waals surface area contributed by atoms with Gasteiger partial charge in [-0.05, 0) is 0 Å². The van der Waals surface area contributed by atoms with E-state index in [-0.39, 0.29) is 0 Å². The summed E-state index contributed by atoms with van der Waals surface area (Å²) >= 11 is 0. The van der Waals surface area contributed by atoms with E-state index in [1.54, 1.807) is 0 Å². The van der Waals surface area contributed by atoms with E-state index in [9.17, 15) is 0 Å². The molecule has 2 aliphatic heterocycles. The van der Waals surface area contributed by atoms with Crippen molar-refractivity contribution in [3.8, 4) is 0 Å². The van der Waals surface area contributed by atoms with Gasteiger partial charge in [-0.25, -0.2) is 0 Å². The largest absolute Gasteiger partial charge is 0.394 e. The summed E-state index contributed by atoms with van der Waals surface area (Å²) in [6.45, 7) is -1.05. The Morgan fingerprint density at radius 2 is 0.750 bits per heavy atom. The number of aliphatic hydroxyl groups excluding tert-OH is 10. The van der Waals surface area contributed by atoms with E-state index in [4.69, 9.17) is 51.1 Å². The van der Waals surface area contributed by atoms with Gasteiger partial charge < -0.3 is 60.5 Å². The van der Waals surface area contributed by atoms with Gasteiger partial charge in [0, 0.05) is 0 Å². The maximum absolute atomic E-state index is 9.12. The summed E-state index contributed by atoms with van der Waals surface area (Å²) in [5.41, 5.74) is 0. The summed E-state index contributed by atoms with van der Waals surface area (Å²) < 4.78 is 9.15. The Hall–Kier alpha value is -0.480. The Morgan fingerprint density at radius 1 is 0.458 bits per heavy atom. The highest BCUT2D eigenvalue weighted by atomic mass is 16.6. The molecule has 10 N–H and O–H groups in total. The third-order valence-electron chi connectivity index (χ3n) is 3.73. The van der Waals surface area contributed by atoms with Crippen molar-refractivity contribution in [1.82, 2.24) is 0 Å². The van der Waals surface area contributed by atoms with E-state index in [0.29, 0.717) is 0 Å². The lowest BCUT2D eigenvalue weighted by atomic mass is 10.00. The molecule has 0 saturated carbocycles. The summed E-state index contributed by atoms with van der Waals surface area (Å²) in [7, 11) is 0. The molecule has 144 valence electrons. The van der Waals surface area contributed by atoms with Gasteiger partial charge in [-0.3, -0.25) is 0 Å². The number of hydrogen-bond acceptors (Lipinski definition) is 12. The minimum absolute atomic E-state index is 0.526. The molecular weight excluding hydrogens is 336 g/mol. The van der Waals surface area contributed by atoms with Crippen LogP contribution in [-0.2, 0) is 9.47 Å². The topological polar surface area (TPSA) is 221 Å². The van der Waals surface area contributed by atoms with E-state index in [0.717, 1.165) is 0 Å². The van der Waals surface area contributed by atoms with Gasteiger partial charge in [0.2, 0.25) is 0 Å². The third-order valence-corrected chi connectivity index (χ3v) is 3.73. The molecule has 2 heterocycles. The molecule has 0 bridgehead atoms. The summed E-state index contributed by atoms with van der Waals surface area (Å²) in [4.78, 5) is 0. The average molecular weight is 360 g/mol. The van der Waals surface area contributed by atoms with Crippen molar-refractivity contribution >= 4 is 0 Å². The Balaban J connectivity index is 0.000000240. The Labute approximate surface area is 136 Å². The maximum atomic E-state index is 9.12. The zero-order valence-electron chi connectivity index (χ0n) is 12.5. The highest BCUT2D eigenvalue weighted by Crippen LogP contribution is 2.19. The van der Waals surface area contributed by atoms with Crippen LogP contribution in [0.25, 0.3) is 0 Å². The molecule has 2 rings (SSSR count). The van der Waals surface area contributed by atoms with Crippen molar-refractivity contribution < 1.29 is 60.5 Å². The van der Waals surface area contributed by atoms with Crippen molar-refractivity contribution in [3.05, 3.63) is 0 Å². The number of hydrogen-bond donors (Lipinski definition) is 10. The van der Waals surface area contributed by atoms with Crippen molar-refractivity contribution in [3.63, 3.8) is 0 Å². The molecule has 0 aromatic carbocycles. The van der Waals surface area contributed by atoms with Gasteiger partial charge >= 0.3 is 0 Å². The van der Waals surface area contributed by atoms with Gasteiger partial charge in [0.05, 0.1) is 13.2 Å². The molecule has 0 radical (unpaired) electrons. The molecule has 0 aliphatic carbocycles. The Kier molecular flexibility index (Phi) is 8.34. The quantitative estimate of drug-likeness (QED) is 0.222. The molecule has 2 aliphatic rings. The summed E-state index contributed by atoms with van der Waals surface area (Å²) in [6.07, 6.45) is -14.1. The summed E-state index contributed by atoms with van der Waals surface area (Å²) in [5, 5.41) is 89.3. The highest BCUT2D eigenvalue weighted by Gasteiger charge is 2.43. The van der Waals surface area contributed by atoms with Crippen LogP contribution in [0.2, 0.25) is 0 Å². The molecule has 0 aromatic heterocycles. The molecule has 0 amide bonds. The minimum Gasteiger partial charge on any atom is -0.394 e. The lowest BCUT2D eigenvalue weighted by Crippen LogP contribution is -2.58. The van der Waals surface area contributed by atoms with E-state index in [1.165, 1.54) is 0 Å². The van der Waals surface area contributed by atoms with Crippen LogP contribution < -0.4 is 0 Å². The molecule has 12 nitrogen and oxygen atoms in total. The standard InChI is InChI=1S/2C6H12O6/c2*7-1-2-3(8)4(9)5(10)6(11)12-2/h2*2-11H,1H2/t2-,3+,4+,5-,6+;2-,3+,4+,5-,6-/m01/s1. The lowest BCUT2D eigenvalue weighted by Gasteiger charge is -2.37. The monoisotopic (exact) mass is 360 g/mol. The molecule has 10 atom stereocenters. The van der Waals surface area contributed by atoms with Crippen molar-refractivity contribution in [2.24, 2.45) is 0 Å². The van der Waals surface area contributed by atoms with Gasteiger partial charge in [0.1, 0.15) is 48.8 Å². The van der Waals surface area contributed by atoms with Crippen molar-refractivity contribution in [2.75, 3.05) is 13.2 Å². The first kappa shape index (κ1) is 21.6. The van der Waals surface area contributed by atoms with E-state index in [1.807, 2.05) is 0 Å². The minimum atomic E-state index is -1.57. The molecule has 0 spiro atoms. The molecule has 24 heavy (non-hydrogen) atoms. The second-order valence-corrected chi connectivity index (χ2v) is 5.44. The number of ether oxygens (including phenoxy) is 2. The Bertz CT molecular complexity index is 326. The predicted molar refractivity (Wildman–Crippen MR) is 72.0 cm³/mol. The van der Waals surface area contributed by atoms with Gasteiger partial charge in [0.25, 0.3) is 0 Å². The average Bonchev–Trinajstić information content (AvgIpc) is 2.58. The molecular formula is C12H24O12. The smallest absolute Gasteiger partial charge is 0.184 e. The van der Waals surface area contributed by atoms with Crippen LogP contribution in [0, 0.1) is 0 Å². The normalized spacial score (nSPS) is 49.2. The predicted octanol–water partition coefficient (Wildman–Crippen LogP) is -6.44. The van der Waals surface area contributed by atoms with Crippen LogP contribution in [0.3, 0.4) is 0 Å². The second-order valence-electron chi connectivity index (χ2n) is 5.44. The Morgan fingerprint density at radius 3 is 1.00 bits per heavy atom. The first-order valence-electron chi connectivity index (χ1n) is 7.12. The van der Waals surface area contributed by atoms with E-state index >= 15 is 0 Å². The van der Waals surface area contributed by atoms with Crippen LogP contribution in [0.4, 0.5) is 0 Å².